The number of likely N-dealkylation sites (N-methyl/N-ethyl adjacent to an activating group) is 1. The van der Waals surface area contributed by atoms with Gasteiger partial charge in [-0.15, -0.1) is 0 Å². The van der Waals surface area contributed by atoms with E-state index in [9.17, 15) is 18.0 Å². The first-order valence-corrected chi connectivity index (χ1v) is 10.7. The maximum Gasteiger partial charge on any atom is 0.267 e. The van der Waals surface area contributed by atoms with E-state index in [4.69, 9.17) is 0 Å². The molecule has 9 heteroatoms. The quantitative estimate of drug-likeness (QED) is 0.678. The summed E-state index contributed by atoms with van der Waals surface area (Å²) in [5.41, 5.74) is 0.302. The summed E-state index contributed by atoms with van der Waals surface area (Å²) in [6, 6.07) is -0.240. The van der Waals surface area contributed by atoms with Crippen LogP contribution in [0.2, 0.25) is 0 Å². The number of nitrogens with one attached hydrogen (secondary N) is 1. The molecule has 0 aromatic heterocycles. The molecule has 2 rings (SSSR count). The van der Waals surface area contributed by atoms with E-state index in [1.165, 1.54) is 5.01 Å². The predicted molar refractivity (Wildman–Crippen MR) is 96.0 cm³/mol. The van der Waals surface area contributed by atoms with E-state index in [-0.39, 0.29) is 35.8 Å². The summed E-state index contributed by atoms with van der Waals surface area (Å²) in [4.78, 5) is 26.7. The highest BCUT2D eigenvalue weighted by atomic mass is 32.2. The number of sulfone groups is 1. The Morgan fingerprint density at radius 1 is 1.36 bits per heavy atom. The molecule has 0 aliphatic carbocycles. The number of hydrogen-bond acceptors (Lipinski definition) is 6. The Labute approximate surface area is 149 Å². The minimum Gasteiger partial charge on any atom is -0.349 e. The van der Waals surface area contributed by atoms with Gasteiger partial charge in [0.2, 0.25) is 5.91 Å². The second-order valence-corrected chi connectivity index (χ2v) is 8.85. The third kappa shape index (κ3) is 5.01. The molecule has 0 aromatic carbocycles. The molecule has 0 bridgehead atoms. The van der Waals surface area contributed by atoms with Gasteiger partial charge in [0.15, 0.2) is 9.84 Å². The molecule has 1 N–H and O–H groups in total. The summed E-state index contributed by atoms with van der Waals surface area (Å²) in [5.74, 6) is -0.497. The van der Waals surface area contributed by atoms with Crippen LogP contribution in [0.4, 0.5) is 0 Å². The van der Waals surface area contributed by atoms with Crippen molar-refractivity contribution in [2.24, 2.45) is 5.10 Å². The molecule has 25 heavy (non-hydrogen) atoms. The van der Waals surface area contributed by atoms with Gasteiger partial charge in [0.05, 0.1) is 17.5 Å². The average Bonchev–Trinajstić information content (AvgIpc) is 2.94. The Morgan fingerprint density at radius 2 is 2.04 bits per heavy atom. The molecule has 1 saturated heterocycles. The Morgan fingerprint density at radius 3 is 2.60 bits per heavy atom. The van der Waals surface area contributed by atoms with Crippen LogP contribution in [0.5, 0.6) is 0 Å². The Balaban J connectivity index is 1.99. The first-order valence-electron chi connectivity index (χ1n) is 8.89. The van der Waals surface area contributed by atoms with Crippen molar-refractivity contribution in [3.63, 3.8) is 0 Å². The lowest BCUT2D eigenvalue weighted by Crippen LogP contribution is -2.46. The van der Waals surface area contributed by atoms with Crippen LogP contribution in [0.3, 0.4) is 0 Å². The zero-order chi connectivity index (χ0) is 18.6. The van der Waals surface area contributed by atoms with Gasteiger partial charge in [-0.2, -0.15) is 5.10 Å². The van der Waals surface area contributed by atoms with Crippen molar-refractivity contribution >= 4 is 27.4 Å². The molecule has 0 saturated carbocycles. The number of amides is 2. The number of hydrazone groups is 1. The Hall–Kier alpha value is -1.48. The van der Waals surface area contributed by atoms with Crippen molar-refractivity contribution in [3.8, 4) is 0 Å². The molecule has 2 atom stereocenters. The lowest BCUT2D eigenvalue weighted by Gasteiger charge is -2.29. The Kier molecular flexibility index (Phi) is 6.56. The van der Waals surface area contributed by atoms with Crippen molar-refractivity contribution in [1.82, 2.24) is 15.2 Å². The fourth-order valence-corrected chi connectivity index (χ4v) is 5.00. The highest BCUT2D eigenvalue weighted by Crippen LogP contribution is 2.22. The second kappa shape index (κ2) is 8.27. The van der Waals surface area contributed by atoms with Gasteiger partial charge in [0, 0.05) is 25.4 Å². The van der Waals surface area contributed by atoms with Gasteiger partial charge in [-0.1, -0.05) is 13.8 Å². The number of carbonyl (C=O) groups excluding carboxylic acids is 2. The van der Waals surface area contributed by atoms with E-state index in [2.05, 4.69) is 36.1 Å². The summed E-state index contributed by atoms with van der Waals surface area (Å²) in [6.45, 7) is 8.53. The number of carbonyl (C=O) groups is 2. The minimum atomic E-state index is -3.11. The van der Waals surface area contributed by atoms with Crippen LogP contribution in [0.1, 0.15) is 40.0 Å². The standard InChI is InChI=1S/C16H28N4O4S/c1-4-19(5-2)12(3)10-17-16(22)14-6-7-15(21)20(18-14)13-8-9-25(23,24)11-13/h12-13H,4-11H2,1-3H3,(H,17,22). The molecule has 2 amide bonds. The van der Waals surface area contributed by atoms with Crippen molar-refractivity contribution < 1.29 is 18.0 Å². The van der Waals surface area contributed by atoms with Crippen LogP contribution in [0.25, 0.3) is 0 Å². The van der Waals surface area contributed by atoms with E-state index >= 15 is 0 Å². The first kappa shape index (κ1) is 19.8. The van der Waals surface area contributed by atoms with Crippen molar-refractivity contribution in [3.05, 3.63) is 0 Å². The normalized spacial score (nSPS) is 24.3. The van der Waals surface area contributed by atoms with Crippen molar-refractivity contribution in [2.75, 3.05) is 31.1 Å². The molecule has 0 aromatic rings. The second-order valence-electron chi connectivity index (χ2n) is 6.62. The lowest BCUT2D eigenvalue weighted by atomic mass is 10.1. The molecule has 142 valence electrons. The smallest absolute Gasteiger partial charge is 0.267 e. The van der Waals surface area contributed by atoms with Gasteiger partial charge in [-0.25, -0.2) is 13.4 Å². The lowest BCUT2D eigenvalue weighted by molar-refractivity contribution is -0.133. The van der Waals surface area contributed by atoms with E-state index in [1.807, 2.05) is 0 Å². The van der Waals surface area contributed by atoms with Crippen molar-refractivity contribution in [2.45, 2.75) is 52.1 Å². The minimum absolute atomic E-state index is 0.0693. The molecular weight excluding hydrogens is 344 g/mol. The Bertz CT molecular complexity index is 643. The van der Waals surface area contributed by atoms with Crippen LogP contribution in [-0.4, -0.2) is 79.1 Å². The third-order valence-electron chi connectivity index (χ3n) is 4.87. The molecule has 2 heterocycles. The first-order chi connectivity index (χ1) is 11.8. The number of hydrogen-bond donors (Lipinski definition) is 1. The van der Waals surface area contributed by atoms with Crippen LogP contribution >= 0.6 is 0 Å². The average molecular weight is 372 g/mol. The monoisotopic (exact) mass is 372 g/mol. The summed E-state index contributed by atoms with van der Waals surface area (Å²) >= 11 is 0. The number of rotatable bonds is 7. The SMILES string of the molecule is CCN(CC)C(C)CNC(=O)C1=NN(C2CCS(=O)(=O)C2)C(=O)CC1. The highest BCUT2D eigenvalue weighted by molar-refractivity contribution is 7.91. The zero-order valence-corrected chi connectivity index (χ0v) is 16.0. The van der Waals surface area contributed by atoms with Gasteiger partial charge in [-0.05, 0) is 26.4 Å². The van der Waals surface area contributed by atoms with Crippen LogP contribution in [0, 0.1) is 0 Å². The van der Waals surface area contributed by atoms with Gasteiger partial charge in [0.25, 0.3) is 5.91 Å². The maximum atomic E-state index is 12.4. The van der Waals surface area contributed by atoms with Gasteiger partial charge in [0.1, 0.15) is 5.71 Å². The zero-order valence-electron chi connectivity index (χ0n) is 15.2. The van der Waals surface area contributed by atoms with E-state index in [1.54, 1.807) is 0 Å². The summed E-state index contributed by atoms with van der Waals surface area (Å²) in [7, 11) is -3.11. The highest BCUT2D eigenvalue weighted by Gasteiger charge is 2.37. The summed E-state index contributed by atoms with van der Waals surface area (Å²) < 4.78 is 23.3. The topological polar surface area (TPSA) is 99.2 Å². The van der Waals surface area contributed by atoms with Gasteiger partial charge < -0.3 is 5.32 Å². The predicted octanol–water partition coefficient (Wildman–Crippen LogP) is -0.00160. The third-order valence-corrected chi connectivity index (χ3v) is 6.62. The molecule has 2 aliphatic heterocycles. The maximum absolute atomic E-state index is 12.4. The molecule has 0 radical (unpaired) electrons. The summed E-state index contributed by atoms with van der Waals surface area (Å²) in [5, 5.41) is 8.28. The molecular formula is C16H28N4O4S. The molecule has 8 nitrogen and oxygen atoms in total. The largest absolute Gasteiger partial charge is 0.349 e. The van der Waals surface area contributed by atoms with E-state index in [0.29, 0.717) is 25.1 Å². The summed E-state index contributed by atoms with van der Waals surface area (Å²) in [6.07, 6.45) is 0.861. The van der Waals surface area contributed by atoms with Crippen LogP contribution in [0.15, 0.2) is 5.10 Å². The van der Waals surface area contributed by atoms with E-state index < -0.39 is 15.9 Å². The molecule has 2 unspecified atom stereocenters. The van der Waals surface area contributed by atoms with Crippen LogP contribution < -0.4 is 5.32 Å². The number of nitrogens with zero attached hydrogens (tertiary/aromatic N) is 3. The molecule has 1 fully saturated rings. The fourth-order valence-electron chi connectivity index (χ4n) is 3.31. The molecule has 0 spiro atoms. The van der Waals surface area contributed by atoms with Gasteiger partial charge >= 0.3 is 0 Å². The van der Waals surface area contributed by atoms with E-state index in [0.717, 1.165) is 13.1 Å². The fraction of sp³-hybridized carbons (Fsp3) is 0.812. The van der Waals surface area contributed by atoms with Gasteiger partial charge in [-0.3, -0.25) is 14.5 Å². The molecule has 2 aliphatic rings. The van der Waals surface area contributed by atoms with Crippen LogP contribution in [-0.2, 0) is 19.4 Å². The van der Waals surface area contributed by atoms with Crippen molar-refractivity contribution in [1.29, 1.82) is 0 Å².